The van der Waals surface area contributed by atoms with Gasteiger partial charge < -0.3 is 5.32 Å². The number of aryl methyl sites for hydroxylation is 1. The van der Waals surface area contributed by atoms with Gasteiger partial charge in [0.25, 0.3) is 0 Å². The quantitative estimate of drug-likeness (QED) is 0.805. The van der Waals surface area contributed by atoms with Crippen LogP contribution >= 0.6 is 23.2 Å². The third-order valence-corrected chi connectivity index (χ3v) is 5.17. The number of nitrogens with one attached hydrogen (secondary N) is 1. The van der Waals surface area contributed by atoms with E-state index < -0.39 is 0 Å². The van der Waals surface area contributed by atoms with Gasteiger partial charge in [-0.15, -0.1) is 0 Å². The number of hydrogen-bond acceptors (Lipinski definition) is 1. The summed E-state index contributed by atoms with van der Waals surface area (Å²) in [5.41, 5.74) is 3.86. The molecule has 0 amide bonds. The van der Waals surface area contributed by atoms with Crippen LogP contribution in [0.1, 0.15) is 34.9 Å². The van der Waals surface area contributed by atoms with Gasteiger partial charge in [0, 0.05) is 12.5 Å². The summed E-state index contributed by atoms with van der Waals surface area (Å²) in [6.45, 7) is 4.15. The average molecular weight is 320 g/mol. The minimum Gasteiger partial charge on any atom is -0.316 e. The number of piperidine rings is 1. The zero-order chi connectivity index (χ0) is 14.8. The molecule has 110 valence electrons. The van der Waals surface area contributed by atoms with Gasteiger partial charge in [-0.3, -0.25) is 0 Å². The first-order valence-corrected chi connectivity index (χ1v) is 8.13. The minimum atomic E-state index is 0.416. The Morgan fingerprint density at radius 3 is 2.67 bits per heavy atom. The summed E-state index contributed by atoms with van der Waals surface area (Å²) in [6.07, 6.45) is 1.08. The van der Waals surface area contributed by atoms with E-state index in [-0.39, 0.29) is 0 Å². The molecular formula is C18H19Cl2N. The van der Waals surface area contributed by atoms with Crippen LogP contribution in [0.3, 0.4) is 0 Å². The summed E-state index contributed by atoms with van der Waals surface area (Å²) in [5.74, 6) is 0.855. The second kappa shape index (κ2) is 6.39. The molecule has 3 heteroatoms. The molecule has 1 N–H and O–H groups in total. The van der Waals surface area contributed by atoms with Crippen molar-refractivity contribution in [3.63, 3.8) is 0 Å². The fourth-order valence-electron chi connectivity index (χ4n) is 3.29. The Morgan fingerprint density at radius 1 is 1.05 bits per heavy atom. The molecule has 3 rings (SSSR count). The van der Waals surface area contributed by atoms with E-state index in [1.165, 1.54) is 16.7 Å². The smallest absolute Gasteiger partial charge is 0.0627 e. The lowest BCUT2D eigenvalue weighted by Crippen LogP contribution is -2.34. The molecule has 2 aromatic carbocycles. The third kappa shape index (κ3) is 3.11. The molecule has 0 spiro atoms. The Morgan fingerprint density at radius 2 is 1.86 bits per heavy atom. The van der Waals surface area contributed by atoms with Gasteiger partial charge in [-0.2, -0.15) is 0 Å². The first-order valence-electron chi connectivity index (χ1n) is 7.38. The van der Waals surface area contributed by atoms with E-state index in [0.29, 0.717) is 21.9 Å². The molecule has 0 saturated carbocycles. The summed E-state index contributed by atoms with van der Waals surface area (Å²) < 4.78 is 0. The van der Waals surface area contributed by atoms with Crippen molar-refractivity contribution in [2.75, 3.05) is 13.1 Å². The summed E-state index contributed by atoms with van der Waals surface area (Å²) in [4.78, 5) is 0. The fourth-order valence-corrected chi connectivity index (χ4v) is 3.74. The molecule has 0 aromatic heterocycles. The molecule has 1 aliphatic heterocycles. The first-order chi connectivity index (χ1) is 10.2. The van der Waals surface area contributed by atoms with Crippen LogP contribution in [0.5, 0.6) is 0 Å². The van der Waals surface area contributed by atoms with Crippen molar-refractivity contribution < 1.29 is 0 Å². The molecule has 1 nitrogen and oxygen atoms in total. The molecule has 2 atom stereocenters. The standard InChI is InChI=1S/C18H19Cl2N/c1-12-4-2-5-13(10-12)16-11-21-9-8-14(16)15-6-3-7-17(19)18(15)20/h2-7,10,14,16,21H,8-9,11H2,1H3. The largest absolute Gasteiger partial charge is 0.316 e. The molecule has 0 radical (unpaired) electrons. The molecule has 0 bridgehead atoms. The highest BCUT2D eigenvalue weighted by Gasteiger charge is 2.29. The van der Waals surface area contributed by atoms with Gasteiger partial charge in [0.05, 0.1) is 10.0 Å². The second-order valence-corrected chi connectivity index (χ2v) is 6.55. The zero-order valence-electron chi connectivity index (χ0n) is 12.1. The van der Waals surface area contributed by atoms with Crippen LogP contribution in [0.4, 0.5) is 0 Å². The van der Waals surface area contributed by atoms with Gasteiger partial charge in [-0.05, 0) is 43.0 Å². The lowest BCUT2D eigenvalue weighted by molar-refractivity contribution is 0.404. The Labute approximate surface area is 136 Å². The molecule has 1 heterocycles. The van der Waals surface area contributed by atoms with Crippen LogP contribution in [0, 0.1) is 6.92 Å². The van der Waals surface area contributed by atoms with Gasteiger partial charge in [0.1, 0.15) is 0 Å². The molecule has 0 aliphatic carbocycles. The third-order valence-electron chi connectivity index (χ3n) is 4.33. The van der Waals surface area contributed by atoms with E-state index in [2.05, 4.69) is 42.6 Å². The number of hydrogen-bond donors (Lipinski definition) is 1. The predicted molar refractivity (Wildman–Crippen MR) is 90.6 cm³/mol. The zero-order valence-corrected chi connectivity index (χ0v) is 13.6. The highest BCUT2D eigenvalue weighted by molar-refractivity contribution is 6.42. The van der Waals surface area contributed by atoms with Crippen molar-refractivity contribution in [3.8, 4) is 0 Å². The Balaban J connectivity index is 2.00. The van der Waals surface area contributed by atoms with Gasteiger partial charge in [-0.1, -0.05) is 65.2 Å². The lowest BCUT2D eigenvalue weighted by Gasteiger charge is -2.33. The van der Waals surface area contributed by atoms with Crippen molar-refractivity contribution >= 4 is 23.2 Å². The maximum absolute atomic E-state index is 6.46. The second-order valence-electron chi connectivity index (χ2n) is 5.76. The van der Waals surface area contributed by atoms with E-state index in [0.717, 1.165) is 19.5 Å². The fraction of sp³-hybridized carbons (Fsp3) is 0.333. The molecule has 2 aromatic rings. The molecular weight excluding hydrogens is 301 g/mol. The average Bonchev–Trinajstić information content (AvgIpc) is 2.50. The van der Waals surface area contributed by atoms with Crippen molar-refractivity contribution in [2.24, 2.45) is 0 Å². The van der Waals surface area contributed by atoms with Crippen LogP contribution in [-0.2, 0) is 0 Å². The SMILES string of the molecule is Cc1cccc(C2CNCCC2c2cccc(Cl)c2Cl)c1. The number of benzene rings is 2. The van der Waals surface area contributed by atoms with Crippen LogP contribution in [0.25, 0.3) is 0 Å². The predicted octanol–water partition coefficient (Wildman–Crippen LogP) is 5.16. The number of rotatable bonds is 2. The van der Waals surface area contributed by atoms with Crippen molar-refractivity contribution in [2.45, 2.75) is 25.2 Å². The molecule has 1 aliphatic rings. The van der Waals surface area contributed by atoms with Gasteiger partial charge in [0.15, 0.2) is 0 Å². The van der Waals surface area contributed by atoms with Gasteiger partial charge in [0.2, 0.25) is 0 Å². The van der Waals surface area contributed by atoms with Crippen LogP contribution in [0.2, 0.25) is 10.0 Å². The molecule has 1 saturated heterocycles. The normalized spacial score (nSPS) is 22.2. The Kier molecular flexibility index (Phi) is 4.54. The maximum atomic E-state index is 6.46. The van der Waals surface area contributed by atoms with Crippen LogP contribution in [0.15, 0.2) is 42.5 Å². The van der Waals surface area contributed by atoms with Crippen molar-refractivity contribution in [3.05, 3.63) is 69.2 Å². The lowest BCUT2D eigenvalue weighted by atomic mass is 9.77. The van der Waals surface area contributed by atoms with Crippen LogP contribution in [-0.4, -0.2) is 13.1 Å². The molecule has 21 heavy (non-hydrogen) atoms. The van der Waals surface area contributed by atoms with E-state index in [1.807, 2.05) is 12.1 Å². The highest BCUT2D eigenvalue weighted by atomic mass is 35.5. The highest BCUT2D eigenvalue weighted by Crippen LogP contribution is 2.42. The summed E-state index contributed by atoms with van der Waals surface area (Å²) in [7, 11) is 0. The van der Waals surface area contributed by atoms with Crippen molar-refractivity contribution in [1.29, 1.82) is 0 Å². The van der Waals surface area contributed by atoms with Crippen LogP contribution < -0.4 is 5.32 Å². The van der Waals surface area contributed by atoms with Gasteiger partial charge in [-0.25, -0.2) is 0 Å². The topological polar surface area (TPSA) is 12.0 Å². The number of halogens is 2. The van der Waals surface area contributed by atoms with E-state index >= 15 is 0 Å². The summed E-state index contributed by atoms with van der Waals surface area (Å²) >= 11 is 12.7. The first kappa shape index (κ1) is 14.9. The monoisotopic (exact) mass is 319 g/mol. The maximum Gasteiger partial charge on any atom is 0.0627 e. The van der Waals surface area contributed by atoms with E-state index in [1.54, 1.807) is 0 Å². The minimum absolute atomic E-state index is 0.416. The Hall–Kier alpha value is -1.02. The summed E-state index contributed by atoms with van der Waals surface area (Å²) in [5, 5.41) is 4.87. The Bertz CT molecular complexity index is 639. The van der Waals surface area contributed by atoms with E-state index in [9.17, 15) is 0 Å². The molecule has 2 unspecified atom stereocenters. The van der Waals surface area contributed by atoms with E-state index in [4.69, 9.17) is 23.2 Å². The van der Waals surface area contributed by atoms with Crippen molar-refractivity contribution in [1.82, 2.24) is 5.32 Å². The summed E-state index contributed by atoms with van der Waals surface area (Å²) in [6, 6.07) is 14.7. The molecule has 1 fully saturated rings. The van der Waals surface area contributed by atoms with Gasteiger partial charge >= 0.3 is 0 Å².